The molecule has 1 heterocycles. The van der Waals surface area contributed by atoms with Gasteiger partial charge in [0.05, 0.1) is 21.1 Å². The molecule has 1 aromatic heterocycles. The summed E-state index contributed by atoms with van der Waals surface area (Å²) in [6.07, 6.45) is 3.23. The van der Waals surface area contributed by atoms with E-state index in [1.165, 1.54) is 10.7 Å². The van der Waals surface area contributed by atoms with E-state index in [0.29, 0.717) is 0 Å². The van der Waals surface area contributed by atoms with Gasteiger partial charge in [-0.3, -0.25) is 0 Å². The molecular weight excluding hydrogens is 345 g/mol. The Hall–Kier alpha value is -1.02. The molecule has 4 nitrogen and oxygen atoms in total. The van der Waals surface area contributed by atoms with Crippen LogP contribution in [0.4, 0.5) is 15.8 Å². The van der Waals surface area contributed by atoms with Crippen molar-refractivity contribution in [2.24, 2.45) is 0 Å². The van der Waals surface area contributed by atoms with Gasteiger partial charge in [0.1, 0.15) is 10.7 Å². The van der Waals surface area contributed by atoms with Gasteiger partial charge in [0.2, 0.25) is 0 Å². The molecule has 7 heteroatoms. The van der Waals surface area contributed by atoms with Crippen LogP contribution in [0.2, 0.25) is 5.02 Å². The molecule has 0 atom stereocenters. The Kier molecular flexibility index (Phi) is 2.94. The number of halogens is 3. The predicted molar refractivity (Wildman–Crippen MR) is 70.1 cm³/mol. The molecule has 2 aromatic rings. The fourth-order valence-corrected chi connectivity index (χ4v) is 1.85. The normalized spacial score (nSPS) is 10.7. The van der Waals surface area contributed by atoms with Crippen molar-refractivity contribution in [2.45, 2.75) is 0 Å². The Morgan fingerprint density at radius 1 is 1.38 bits per heavy atom. The standard InChI is InChI=1S/C9H7ClFIN4/c10-7-5(13)1-6(14)9(8(7)11)16-3-4(12)2-15-16/h1-3H,13-14H2. The number of anilines is 2. The van der Waals surface area contributed by atoms with Crippen molar-refractivity contribution in [3.8, 4) is 5.69 Å². The molecular formula is C9H7ClFIN4. The largest absolute Gasteiger partial charge is 0.397 e. The average molecular weight is 353 g/mol. The van der Waals surface area contributed by atoms with E-state index in [1.54, 1.807) is 12.4 Å². The van der Waals surface area contributed by atoms with Crippen molar-refractivity contribution in [1.82, 2.24) is 9.78 Å². The van der Waals surface area contributed by atoms with Crippen LogP contribution in [0.3, 0.4) is 0 Å². The van der Waals surface area contributed by atoms with Gasteiger partial charge >= 0.3 is 0 Å². The lowest BCUT2D eigenvalue weighted by molar-refractivity contribution is 0.613. The summed E-state index contributed by atoms with van der Waals surface area (Å²) < 4.78 is 16.1. The number of nitrogens with two attached hydrogens (primary N) is 2. The van der Waals surface area contributed by atoms with Crippen LogP contribution in [-0.2, 0) is 0 Å². The second-order valence-corrected chi connectivity index (χ2v) is 4.76. The lowest BCUT2D eigenvalue weighted by atomic mass is 10.2. The summed E-state index contributed by atoms with van der Waals surface area (Å²) in [5.74, 6) is -0.668. The van der Waals surface area contributed by atoms with Crippen LogP contribution in [0.1, 0.15) is 0 Å². The number of benzene rings is 1. The van der Waals surface area contributed by atoms with Gasteiger partial charge in [0.15, 0.2) is 5.82 Å². The summed E-state index contributed by atoms with van der Waals surface area (Å²) in [5.41, 5.74) is 11.6. The number of nitrogens with zero attached hydrogens (tertiary/aromatic N) is 2. The second-order valence-electron chi connectivity index (χ2n) is 3.13. The van der Waals surface area contributed by atoms with Gasteiger partial charge in [-0.15, -0.1) is 0 Å². The quantitative estimate of drug-likeness (QED) is 0.612. The third kappa shape index (κ3) is 1.82. The maximum atomic E-state index is 13.9. The van der Waals surface area contributed by atoms with E-state index in [9.17, 15) is 4.39 Å². The summed E-state index contributed by atoms with van der Waals surface area (Å²) in [4.78, 5) is 0. The number of aromatic nitrogens is 2. The van der Waals surface area contributed by atoms with Crippen molar-refractivity contribution >= 4 is 45.6 Å². The molecule has 0 fully saturated rings. The van der Waals surface area contributed by atoms with Gasteiger partial charge in [-0.2, -0.15) is 5.10 Å². The minimum Gasteiger partial charge on any atom is -0.397 e. The number of hydrogen-bond donors (Lipinski definition) is 2. The minimum absolute atomic E-state index is 0.113. The van der Waals surface area contributed by atoms with Crippen LogP contribution < -0.4 is 11.5 Å². The van der Waals surface area contributed by atoms with E-state index in [0.717, 1.165) is 3.57 Å². The molecule has 0 aliphatic rings. The highest BCUT2D eigenvalue weighted by molar-refractivity contribution is 14.1. The molecule has 16 heavy (non-hydrogen) atoms. The molecule has 84 valence electrons. The third-order valence-corrected chi connectivity index (χ3v) is 2.96. The number of hydrogen-bond acceptors (Lipinski definition) is 3. The monoisotopic (exact) mass is 352 g/mol. The Morgan fingerprint density at radius 3 is 2.62 bits per heavy atom. The molecule has 0 bridgehead atoms. The topological polar surface area (TPSA) is 69.9 Å². The Labute approximate surface area is 110 Å². The van der Waals surface area contributed by atoms with Crippen LogP contribution in [0.5, 0.6) is 0 Å². The Bertz CT molecular complexity index is 555. The van der Waals surface area contributed by atoms with Crippen molar-refractivity contribution in [2.75, 3.05) is 11.5 Å². The summed E-state index contributed by atoms with van der Waals surface area (Å²) in [7, 11) is 0. The minimum atomic E-state index is -0.668. The van der Waals surface area contributed by atoms with E-state index in [4.69, 9.17) is 23.1 Å². The first kappa shape index (κ1) is 11.5. The van der Waals surface area contributed by atoms with E-state index >= 15 is 0 Å². The van der Waals surface area contributed by atoms with Crippen LogP contribution in [0.15, 0.2) is 18.5 Å². The molecule has 0 aliphatic heterocycles. The highest BCUT2D eigenvalue weighted by atomic mass is 127. The van der Waals surface area contributed by atoms with Crippen molar-refractivity contribution in [3.05, 3.63) is 32.9 Å². The Morgan fingerprint density at radius 2 is 2.06 bits per heavy atom. The zero-order chi connectivity index (χ0) is 11.9. The van der Waals surface area contributed by atoms with Gasteiger partial charge in [0.25, 0.3) is 0 Å². The van der Waals surface area contributed by atoms with E-state index < -0.39 is 5.82 Å². The van der Waals surface area contributed by atoms with Crippen LogP contribution in [-0.4, -0.2) is 9.78 Å². The summed E-state index contributed by atoms with van der Waals surface area (Å²) >= 11 is 7.77. The first-order chi connectivity index (χ1) is 7.50. The average Bonchev–Trinajstić information content (AvgIpc) is 2.61. The fraction of sp³-hybridized carbons (Fsp3) is 0. The first-order valence-corrected chi connectivity index (χ1v) is 5.70. The molecule has 0 amide bonds. The zero-order valence-electron chi connectivity index (χ0n) is 7.92. The van der Waals surface area contributed by atoms with Crippen LogP contribution in [0, 0.1) is 9.39 Å². The van der Waals surface area contributed by atoms with Crippen molar-refractivity contribution < 1.29 is 4.39 Å². The van der Waals surface area contributed by atoms with Crippen molar-refractivity contribution in [3.63, 3.8) is 0 Å². The summed E-state index contributed by atoms with van der Waals surface area (Å²) in [6.45, 7) is 0. The van der Waals surface area contributed by atoms with Crippen LogP contribution in [0.25, 0.3) is 5.69 Å². The zero-order valence-corrected chi connectivity index (χ0v) is 10.8. The maximum absolute atomic E-state index is 13.9. The third-order valence-electron chi connectivity index (χ3n) is 2.02. The molecule has 0 saturated heterocycles. The summed E-state index contributed by atoms with van der Waals surface area (Å²) in [6, 6.07) is 1.41. The molecule has 0 spiro atoms. The molecule has 0 aliphatic carbocycles. The number of nitrogen functional groups attached to an aromatic ring is 2. The molecule has 2 rings (SSSR count). The highest BCUT2D eigenvalue weighted by Crippen LogP contribution is 2.32. The van der Waals surface area contributed by atoms with Gasteiger partial charge in [-0.1, -0.05) is 11.6 Å². The van der Waals surface area contributed by atoms with Gasteiger partial charge in [0, 0.05) is 6.20 Å². The van der Waals surface area contributed by atoms with Crippen molar-refractivity contribution in [1.29, 1.82) is 0 Å². The lowest BCUT2D eigenvalue weighted by Crippen LogP contribution is -2.05. The van der Waals surface area contributed by atoms with E-state index in [2.05, 4.69) is 27.7 Å². The molecule has 0 radical (unpaired) electrons. The van der Waals surface area contributed by atoms with Crippen LogP contribution >= 0.6 is 34.2 Å². The predicted octanol–water partition coefficient (Wildman–Crippen LogP) is 2.43. The molecule has 0 saturated carbocycles. The SMILES string of the molecule is Nc1cc(N)c(-n2cc(I)cn2)c(F)c1Cl. The fourth-order valence-electron chi connectivity index (χ4n) is 1.31. The lowest BCUT2D eigenvalue weighted by Gasteiger charge is -2.10. The highest BCUT2D eigenvalue weighted by Gasteiger charge is 2.16. The molecule has 1 aromatic carbocycles. The van der Waals surface area contributed by atoms with E-state index in [1.807, 2.05) is 0 Å². The molecule has 4 N–H and O–H groups in total. The smallest absolute Gasteiger partial charge is 0.171 e. The van der Waals surface area contributed by atoms with Gasteiger partial charge in [-0.05, 0) is 28.7 Å². The molecule has 0 unspecified atom stereocenters. The second kappa shape index (κ2) is 4.10. The summed E-state index contributed by atoms with van der Waals surface area (Å²) in [5, 5.41) is 3.82. The van der Waals surface area contributed by atoms with E-state index in [-0.39, 0.29) is 22.1 Å². The van der Waals surface area contributed by atoms with Gasteiger partial charge < -0.3 is 11.5 Å². The first-order valence-electron chi connectivity index (χ1n) is 4.24. The number of rotatable bonds is 1. The Balaban J connectivity index is 2.70. The van der Waals surface area contributed by atoms with Gasteiger partial charge in [-0.25, -0.2) is 9.07 Å². The maximum Gasteiger partial charge on any atom is 0.171 e.